The SMILES string of the molecule is CC(C)Oc1cccc(-c2ccc(C(N)=S)c(=O)[nH]2)c1. The van der Waals surface area contributed by atoms with Gasteiger partial charge >= 0.3 is 0 Å². The quantitative estimate of drug-likeness (QED) is 0.848. The average Bonchev–Trinajstić information content (AvgIpc) is 2.37. The standard InChI is InChI=1S/C15H16N2O2S/c1-9(2)19-11-5-3-4-10(8-11)13-7-6-12(14(16)20)15(18)17-13/h3-9H,1-2H3,(H2,16,20)(H,17,18). The van der Waals surface area contributed by atoms with Gasteiger partial charge in [0, 0.05) is 11.3 Å². The molecule has 0 aliphatic heterocycles. The molecule has 1 aromatic carbocycles. The molecular weight excluding hydrogens is 272 g/mol. The van der Waals surface area contributed by atoms with Crippen LogP contribution in [-0.4, -0.2) is 16.1 Å². The van der Waals surface area contributed by atoms with E-state index in [1.165, 1.54) is 0 Å². The zero-order valence-corrected chi connectivity index (χ0v) is 12.2. The maximum absolute atomic E-state index is 11.9. The Labute approximate surface area is 122 Å². The summed E-state index contributed by atoms with van der Waals surface area (Å²) in [6, 6.07) is 11.0. The molecule has 104 valence electrons. The second kappa shape index (κ2) is 5.88. The van der Waals surface area contributed by atoms with E-state index in [1.807, 2.05) is 38.1 Å². The number of nitrogens with one attached hydrogen (secondary N) is 1. The third-order valence-electron chi connectivity index (χ3n) is 2.69. The highest BCUT2D eigenvalue weighted by Gasteiger charge is 2.06. The summed E-state index contributed by atoms with van der Waals surface area (Å²) in [5.41, 5.74) is 7.07. The largest absolute Gasteiger partial charge is 0.491 e. The molecule has 0 fully saturated rings. The summed E-state index contributed by atoms with van der Waals surface area (Å²) in [6.45, 7) is 3.93. The number of aromatic nitrogens is 1. The fourth-order valence-electron chi connectivity index (χ4n) is 1.85. The van der Waals surface area contributed by atoms with Gasteiger partial charge in [-0.2, -0.15) is 0 Å². The molecule has 0 bridgehead atoms. The van der Waals surface area contributed by atoms with Crippen LogP contribution in [0.2, 0.25) is 0 Å². The van der Waals surface area contributed by atoms with E-state index in [4.69, 9.17) is 22.7 Å². The van der Waals surface area contributed by atoms with Crippen LogP contribution in [0, 0.1) is 0 Å². The third kappa shape index (κ3) is 3.24. The number of hydrogen-bond acceptors (Lipinski definition) is 3. The van der Waals surface area contributed by atoms with Crippen molar-refractivity contribution in [3.05, 3.63) is 52.3 Å². The van der Waals surface area contributed by atoms with Crippen molar-refractivity contribution in [3.8, 4) is 17.0 Å². The van der Waals surface area contributed by atoms with Crippen LogP contribution in [0.1, 0.15) is 19.4 Å². The highest BCUT2D eigenvalue weighted by atomic mass is 32.1. The molecule has 20 heavy (non-hydrogen) atoms. The number of ether oxygens (including phenoxy) is 1. The first kappa shape index (κ1) is 14.3. The lowest BCUT2D eigenvalue weighted by molar-refractivity contribution is 0.242. The van der Waals surface area contributed by atoms with Gasteiger partial charge in [0.15, 0.2) is 0 Å². The van der Waals surface area contributed by atoms with Gasteiger partial charge in [0.1, 0.15) is 10.7 Å². The van der Waals surface area contributed by atoms with E-state index < -0.39 is 0 Å². The van der Waals surface area contributed by atoms with Crippen LogP contribution in [0.5, 0.6) is 5.75 Å². The van der Waals surface area contributed by atoms with Crippen LogP contribution in [0.15, 0.2) is 41.2 Å². The molecule has 5 heteroatoms. The molecule has 1 aromatic heterocycles. The average molecular weight is 288 g/mol. The third-order valence-corrected chi connectivity index (χ3v) is 2.91. The van der Waals surface area contributed by atoms with E-state index in [0.717, 1.165) is 11.3 Å². The predicted octanol–water partition coefficient (Wildman–Crippen LogP) is 2.46. The molecule has 2 rings (SSSR count). The molecule has 0 radical (unpaired) electrons. The molecule has 3 N–H and O–H groups in total. The topological polar surface area (TPSA) is 68.1 Å². The van der Waals surface area contributed by atoms with E-state index in [0.29, 0.717) is 11.3 Å². The highest BCUT2D eigenvalue weighted by molar-refractivity contribution is 7.80. The Morgan fingerprint density at radius 2 is 2.05 bits per heavy atom. The Morgan fingerprint density at radius 1 is 1.30 bits per heavy atom. The second-order valence-electron chi connectivity index (χ2n) is 4.67. The molecule has 0 saturated carbocycles. The van der Waals surface area contributed by atoms with E-state index in [2.05, 4.69) is 4.98 Å². The summed E-state index contributed by atoms with van der Waals surface area (Å²) in [6.07, 6.45) is 0.0984. The maximum Gasteiger partial charge on any atom is 0.258 e. The lowest BCUT2D eigenvalue weighted by Gasteiger charge is -2.11. The minimum atomic E-state index is -0.287. The number of H-pyrrole nitrogens is 1. The monoisotopic (exact) mass is 288 g/mol. The van der Waals surface area contributed by atoms with Crippen LogP contribution < -0.4 is 16.0 Å². The van der Waals surface area contributed by atoms with Crippen LogP contribution >= 0.6 is 12.2 Å². The first-order valence-corrected chi connectivity index (χ1v) is 6.68. The van der Waals surface area contributed by atoms with Gasteiger partial charge < -0.3 is 15.5 Å². The Kier molecular flexibility index (Phi) is 4.20. The normalized spacial score (nSPS) is 10.6. The van der Waals surface area contributed by atoms with Crippen LogP contribution in [-0.2, 0) is 0 Å². The van der Waals surface area contributed by atoms with Crippen LogP contribution in [0.25, 0.3) is 11.3 Å². The van der Waals surface area contributed by atoms with Gasteiger partial charge in [-0.3, -0.25) is 4.79 Å². The summed E-state index contributed by atoms with van der Waals surface area (Å²) in [4.78, 5) is 14.7. The number of nitrogens with two attached hydrogens (primary N) is 1. The van der Waals surface area contributed by atoms with E-state index in [1.54, 1.807) is 12.1 Å². The zero-order valence-electron chi connectivity index (χ0n) is 11.3. The molecule has 0 amide bonds. The molecule has 1 heterocycles. The zero-order chi connectivity index (χ0) is 14.7. The molecule has 0 saturated heterocycles. The summed E-state index contributed by atoms with van der Waals surface area (Å²) >= 11 is 4.82. The fourth-order valence-corrected chi connectivity index (χ4v) is 2.01. The Balaban J connectivity index is 2.39. The fraction of sp³-hybridized carbons (Fsp3) is 0.200. The minimum absolute atomic E-state index is 0.0923. The van der Waals surface area contributed by atoms with Crippen molar-refractivity contribution >= 4 is 17.2 Å². The summed E-state index contributed by atoms with van der Waals surface area (Å²) in [5, 5.41) is 0. The molecule has 0 atom stereocenters. The van der Waals surface area contributed by atoms with Crippen LogP contribution in [0.3, 0.4) is 0 Å². The predicted molar refractivity (Wildman–Crippen MR) is 84.2 cm³/mol. The molecule has 0 aliphatic carbocycles. The number of pyridine rings is 1. The Morgan fingerprint density at radius 3 is 2.65 bits per heavy atom. The maximum atomic E-state index is 11.9. The number of aromatic amines is 1. The van der Waals surface area contributed by atoms with E-state index in [-0.39, 0.29) is 16.7 Å². The van der Waals surface area contributed by atoms with Gasteiger partial charge in [0.05, 0.1) is 11.7 Å². The highest BCUT2D eigenvalue weighted by Crippen LogP contribution is 2.22. The molecule has 0 spiro atoms. The van der Waals surface area contributed by atoms with Crippen LogP contribution in [0.4, 0.5) is 0 Å². The Bertz CT molecular complexity index is 692. The van der Waals surface area contributed by atoms with Crippen molar-refractivity contribution in [1.82, 2.24) is 4.98 Å². The molecule has 2 aromatic rings. The number of thiocarbonyl (C=S) groups is 1. The first-order valence-electron chi connectivity index (χ1n) is 6.27. The van der Waals surface area contributed by atoms with Crippen molar-refractivity contribution in [2.24, 2.45) is 5.73 Å². The Hall–Kier alpha value is -2.14. The van der Waals surface area contributed by atoms with Gasteiger partial charge in [-0.05, 0) is 38.1 Å². The van der Waals surface area contributed by atoms with Gasteiger partial charge in [-0.1, -0.05) is 24.4 Å². The van der Waals surface area contributed by atoms with Crippen molar-refractivity contribution < 1.29 is 4.74 Å². The van der Waals surface area contributed by atoms with Gasteiger partial charge in [-0.25, -0.2) is 0 Å². The van der Waals surface area contributed by atoms with Gasteiger partial charge in [-0.15, -0.1) is 0 Å². The van der Waals surface area contributed by atoms with E-state index >= 15 is 0 Å². The van der Waals surface area contributed by atoms with Gasteiger partial charge in [0.2, 0.25) is 0 Å². The number of benzene rings is 1. The minimum Gasteiger partial charge on any atom is -0.491 e. The summed E-state index contributed by atoms with van der Waals surface area (Å²) in [5.74, 6) is 0.761. The molecular formula is C15H16N2O2S. The number of hydrogen-bond donors (Lipinski definition) is 2. The summed E-state index contributed by atoms with van der Waals surface area (Å²) in [7, 11) is 0. The second-order valence-corrected chi connectivity index (χ2v) is 5.11. The van der Waals surface area contributed by atoms with E-state index in [9.17, 15) is 4.79 Å². The smallest absolute Gasteiger partial charge is 0.258 e. The lowest BCUT2D eigenvalue weighted by Crippen LogP contribution is -2.22. The summed E-state index contributed by atoms with van der Waals surface area (Å²) < 4.78 is 5.64. The lowest BCUT2D eigenvalue weighted by atomic mass is 10.1. The van der Waals surface area contributed by atoms with Crippen molar-refractivity contribution in [2.75, 3.05) is 0 Å². The van der Waals surface area contributed by atoms with Crippen molar-refractivity contribution in [1.29, 1.82) is 0 Å². The number of rotatable bonds is 4. The molecule has 0 aliphatic rings. The van der Waals surface area contributed by atoms with Gasteiger partial charge in [0.25, 0.3) is 5.56 Å². The molecule has 4 nitrogen and oxygen atoms in total. The van der Waals surface area contributed by atoms with Crippen molar-refractivity contribution in [2.45, 2.75) is 20.0 Å². The first-order chi connectivity index (χ1) is 9.47. The van der Waals surface area contributed by atoms with Crippen molar-refractivity contribution in [3.63, 3.8) is 0 Å². The molecule has 0 unspecified atom stereocenters.